The summed E-state index contributed by atoms with van der Waals surface area (Å²) >= 11 is 5.77. The predicted molar refractivity (Wildman–Crippen MR) is 48.9 cm³/mol. The fourth-order valence-corrected chi connectivity index (χ4v) is 1.15. The number of ether oxygens (including phenoxy) is 1. The highest BCUT2D eigenvalue weighted by Gasteiger charge is 2.00. The van der Waals surface area contributed by atoms with E-state index in [1.807, 2.05) is 0 Å². The molecule has 0 aliphatic heterocycles. The number of fused-ring (bicyclic) bond motifs is 1. The van der Waals surface area contributed by atoms with E-state index >= 15 is 0 Å². The Morgan fingerprint density at radius 2 is 2.08 bits per heavy atom. The largest absolute Gasteiger partial charge is 0.466 e. The number of benzene rings is 1. The summed E-state index contributed by atoms with van der Waals surface area (Å²) in [5.41, 5.74) is 1.38. The van der Waals surface area contributed by atoms with Crippen LogP contribution in [0.4, 0.5) is 0 Å². The summed E-state index contributed by atoms with van der Waals surface area (Å²) in [7, 11) is 1.50. The maximum absolute atomic E-state index is 5.77. The van der Waals surface area contributed by atoms with E-state index in [4.69, 9.17) is 16.3 Å². The Labute approximate surface area is 79.5 Å². The summed E-state index contributed by atoms with van der Waals surface area (Å²) in [5, 5.41) is 8.23. The van der Waals surface area contributed by atoms with Crippen molar-refractivity contribution in [3.05, 3.63) is 23.2 Å². The van der Waals surface area contributed by atoms with Gasteiger partial charge in [-0.2, -0.15) is 4.98 Å². The normalized spacial score (nSPS) is 10.3. The Bertz CT molecular complexity index is 446. The fourth-order valence-electron chi connectivity index (χ4n) is 0.980. The van der Waals surface area contributed by atoms with Crippen molar-refractivity contribution in [3.8, 4) is 6.01 Å². The highest BCUT2D eigenvalue weighted by Crippen LogP contribution is 2.16. The summed E-state index contributed by atoms with van der Waals surface area (Å²) in [6.45, 7) is 0. The molecule has 0 bridgehead atoms. The van der Waals surface area contributed by atoms with Crippen molar-refractivity contribution in [1.29, 1.82) is 0 Å². The Kier molecular flexibility index (Phi) is 1.98. The maximum Gasteiger partial charge on any atom is 0.335 e. The van der Waals surface area contributed by atoms with E-state index in [2.05, 4.69) is 15.2 Å². The van der Waals surface area contributed by atoms with Crippen LogP contribution in [0.2, 0.25) is 5.02 Å². The van der Waals surface area contributed by atoms with Crippen molar-refractivity contribution >= 4 is 22.6 Å². The van der Waals surface area contributed by atoms with Gasteiger partial charge in [-0.05, 0) is 18.2 Å². The molecule has 2 aromatic rings. The molecule has 0 N–H and O–H groups in total. The van der Waals surface area contributed by atoms with Gasteiger partial charge in [0.2, 0.25) is 0 Å². The minimum absolute atomic E-state index is 0.259. The van der Waals surface area contributed by atoms with Gasteiger partial charge in [0.15, 0.2) is 0 Å². The molecule has 0 fully saturated rings. The lowest BCUT2D eigenvalue weighted by molar-refractivity contribution is 0.376. The van der Waals surface area contributed by atoms with Crippen molar-refractivity contribution in [1.82, 2.24) is 15.2 Å². The van der Waals surface area contributed by atoms with E-state index in [1.54, 1.807) is 18.2 Å². The number of hydrogen-bond acceptors (Lipinski definition) is 4. The number of aromatic nitrogens is 3. The van der Waals surface area contributed by atoms with Gasteiger partial charge in [-0.3, -0.25) is 0 Å². The Balaban J connectivity index is 2.66. The smallest absolute Gasteiger partial charge is 0.335 e. The lowest BCUT2D eigenvalue weighted by Crippen LogP contribution is -1.94. The van der Waals surface area contributed by atoms with Crippen molar-refractivity contribution in [2.45, 2.75) is 0 Å². The molecule has 0 aliphatic rings. The van der Waals surface area contributed by atoms with E-state index in [1.165, 1.54) is 7.11 Å². The highest BCUT2D eigenvalue weighted by atomic mass is 35.5. The monoisotopic (exact) mass is 195 g/mol. The van der Waals surface area contributed by atoms with Gasteiger partial charge in [0, 0.05) is 5.02 Å². The summed E-state index contributed by atoms with van der Waals surface area (Å²) in [6.07, 6.45) is 0. The Morgan fingerprint density at radius 1 is 1.23 bits per heavy atom. The molecular weight excluding hydrogens is 190 g/mol. The SMILES string of the molecule is COc1nnc2cc(Cl)ccc2n1. The molecule has 2 rings (SSSR count). The molecule has 0 atom stereocenters. The van der Waals surface area contributed by atoms with Crippen LogP contribution in [0.3, 0.4) is 0 Å². The van der Waals surface area contributed by atoms with Gasteiger partial charge in [0.1, 0.15) is 5.52 Å². The molecule has 0 spiro atoms. The molecule has 0 unspecified atom stereocenters. The van der Waals surface area contributed by atoms with Crippen LogP contribution in [0.15, 0.2) is 18.2 Å². The molecule has 1 aromatic heterocycles. The second kappa shape index (κ2) is 3.14. The molecule has 1 heterocycles. The van der Waals surface area contributed by atoms with Crippen LogP contribution in [0, 0.1) is 0 Å². The zero-order chi connectivity index (χ0) is 9.26. The van der Waals surface area contributed by atoms with E-state index < -0.39 is 0 Å². The number of nitrogens with zero attached hydrogens (tertiary/aromatic N) is 3. The van der Waals surface area contributed by atoms with E-state index in [9.17, 15) is 0 Å². The number of rotatable bonds is 1. The zero-order valence-electron chi connectivity index (χ0n) is 6.86. The van der Waals surface area contributed by atoms with Gasteiger partial charge in [-0.1, -0.05) is 16.7 Å². The molecule has 0 saturated heterocycles. The number of hydrogen-bond donors (Lipinski definition) is 0. The van der Waals surface area contributed by atoms with E-state index in [0.29, 0.717) is 10.5 Å². The van der Waals surface area contributed by atoms with Gasteiger partial charge in [-0.25, -0.2) is 0 Å². The standard InChI is InChI=1S/C8H6ClN3O/c1-13-8-10-6-3-2-5(9)4-7(6)11-12-8/h2-4H,1H3. The van der Waals surface area contributed by atoms with Gasteiger partial charge < -0.3 is 4.74 Å². The Morgan fingerprint density at radius 3 is 2.85 bits per heavy atom. The third-order valence-corrected chi connectivity index (χ3v) is 1.81. The van der Waals surface area contributed by atoms with Crippen LogP contribution in [-0.4, -0.2) is 22.3 Å². The lowest BCUT2D eigenvalue weighted by Gasteiger charge is -1.98. The first-order valence-electron chi connectivity index (χ1n) is 3.63. The Hall–Kier alpha value is -1.42. The van der Waals surface area contributed by atoms with E-state index in [-0.39, 0.29) is 6.01 Å². The van der Waals surface area contributed by atoms with Crippen LogP contribution in [0.25, 0.3) is 11.0 Å². The molecule has 0 amide bonds. The predicted octanol–water partition coefficient (Wildman–Crippen LogP) is 1.69. The van der Waals surface area contributed by atoms with Crippen LogP contribution >= 0.6 is 11.6 Å². The van der Waals surface area contributed by atoms with Gasteiger partial charge in [0.25, 0.3) is 0 Å². The molecule has 5 heteroatoms. The van der Waals surface area contributed by atoms with Gasteiger partial charge in [-0.15, -0.1) is 5.10 Å². The fraction of sp³-hybridized carbons (Fsp3) is 0.125. The molecule has 4 nitrogen and oxygen atoms in total. The van der Waals surface area contributed by atoms with Gasteiger partial charge in [0.05, 0.1) is 12.6 Å². The average Bonchev–Trinajstić information content (AvgIpc) is 2.17. The first-order chi connectivity index (χ1) is 6.29. The third kappa shape index (κ3) is 1.53. The lowest BCUT2D eigenvalue weighted by atomic mass is 10.3. The summed E-state index contributed by atoms with van der Waals surface area (Å²) in [6, 6.07) is 5.48. The molecule has 0 aliphatic carbocycles. The average molecular weight is 196 g/mol. The van der Waals surface area contributed by atoms with Crippen molar-refractivity contribution in [3.63, 3.8) is 0 Å². The maximum atomic E-state index is 5.77. The summed E-state index contributed by atoms with van der Waals surface area (Å²) < 4.78 is 4.83. The summed E-state index contributed by atoms with van der Waals surface area (Å²) in [4.78, 5) is 4.08. The first kappa shape index (κ1) is 8.19. The number of methoxy groups -OCH3 is 1. The minimum atomic E-state index is 0.259. The highest BCUT2D eigenvalue weighted by molar-refractivity contribution is 6.31. The topological polar surface area (TPSA) is 47.9 Å². The van der Waals surface area contributed by atoms with E-state index in [0.717, 1.165) is 5.52 Å². The number of halogens is 1. The first-order valence-corrected chi connectivity index (χ1v) is 4.01. The van der Waals surface area contributed by atoms with Crippen LogP contribution < -0.4 is 4.74 Å². The third-order valence-electron chi connectivity index (χ3n) is 1.58. The minimum Gasteiger partial charge on any atom is -0.466 e. The molecule has 66 valence electrons. The molecule has 0 radical (unpaired) electrons. The molecule has 13 heavy (non-hydrogen) atoms. The quantitative estimate of drug-likeness (QED) is 0.695. The van der Waals surface area contributed by atoms with Crippen LogP contribution in [0.5, 0.6) is 6.01 Å². The molecule has 1 aromatic carbocycles. The summed E-state index contributed by atoms with van der Waals surface area (Å²) in [5.74, 6) is 0. The van der Waals surface area contributed by atoms with Crippen molar-refractivity contribution in [2.24, 2.45) is 0 Å². The van der Waals surface area contributed by atoms with Gasteiger partial charge >= 0.3 is 6.01 Å². The molecule has 0 saturated carbocycles. The second-order valence-corrected chi connectivity index (χ2v) is 2.87. The van der Waals surface area contributed by atoms with Crippen molar-refractivity contribution < 1.29 is 4.74 Å². The molecular formula is C8H6ClN3O. The second-order valence-electron chi connectivity index (χ2n) is 2.43. The van der Waals surface area contributed by atoms with Crippen LogP contribution in [0.1, 0.15) is 0 Å². The van der Waals surface area contributed by atoms with Crippen LogP contribution in [-0.2, 0) is 0 Å². The zero-order valence-corrected chi connectivity index (χ0v) is 7.62. The van der Waals surface area contributed by atoms with Crippen molar-refractivity contribution in [2.75, 3.05) is 7.11 Å².